The Morgan fingerprint density at radius 3 is 2.70 bits per heavy atom. The second-order valence-electron chi connectivity index (χ2n) is 10.5. The molecular weight excluding hydrogens is 524 g/mol. The number of benzene rings is 1. The summed E-state index contributed by atoms with van der Waals surface area (Å²) in [6, 6.07) is 8.45. The van der Waals surface area contributed by atoms with Crippen molar-refractivity contribution < 1.29 is 19.1 Å². The molecule has 2 unspecified atom stereocenters. The molecule has 0 radical (unpaired) electrons. The van der Waals surface area contributed by atoms with E-state index in [1.165, 1.54) is 33.7 Å². The van der Waals surface area contributed by atoms with Crippen molar-refractivity contribution in [1.29, 1.82) is 0 Å². The molecule has 3 aliphatic rings. The molecule has 1 N–H and O–H groups in total. The fourth-order valence-electron chi connectivity index (χ4n) is 5.60. The number of hydrogen-bond donors (Lipinski definition) is 1. The molecule has 2 aromatic rings. The molecule has 1 saturated heterocycles. The number of thiophene rings is 1. The summed E-state index contributed by atoms with van der Waals surface area (Å²) in [5, 5.41) is 6.22. The van der Waals surface area contributed by atoms with Crippen LogP contribution in [0.15, 0.2) is 65.8 Å². The van der Waals surface area contributed by atoms with Crippen LogP contribution in [0.3, 0.4) is 0 Å². The van der Waals surface area contributed by atoms with Gasteiger partial charge in [0.15, 0.2) is 0 Å². The number of allylic oxidation sites excluding steroid dienone is 1. The zero-order valence-electron chi connectivity index (χ0n) is 23.1. The van der Waals surface area contributed by atoms with Crippen molar-refractivity contribution >= 4 is 44.8 Å². The Morgan fingerprint density at radius 2 is 1.88 bits per heavy atom. The maximum atomic E-state index is 12.9. The van der Waals surface area contributed by atoms with Gasteiger partial charge in [0.1, 0.15) is 5.76 Å². The summed E-state index contributed by atoms with van der Waals surface area (Å²) < 4.78 is 7.40. The lowest BCUT2D eigenvalue weighted by Crippen LogP contribution is -2.49. The Kier molecular flexibility index (Phi) is 9.34. The smallest absolute Gasteiger partial charge is 0.253 e. The third-order valence-electron chi connectivity index (χ3n) is 7.74. The van der Waals surface area contributed by atoms with Crippen molar-refractivity contribution in [3.63, 3.8) is 0 Å². The number of carbonyl (C=O) groups excluding carboxylic acids is 3. The molecule has 1 aromatic carbocycles. The number of hydrogen-bond acceptors (Lipinski definition) is 7. The summed E-state index contributed by atoms with van der Waals surface area (Å²) in [5.41, 5.74) is 1.35. The van der Waals surface area contributed by atoms with Crippen LogP contribution in [0.2, 0.25) is 0 Å². The van der Waals surface area contributed by atoms with E-state index in [-0.39, 0.29) is 36.1 Å². The van der Waals surface area contributed by atoms with Crippen LogP contribution >= 0.6 is 11.3 Å². The first-order valence-electron chi connectivity index (χ1n) is 14.2. The van der Waals surface area contributed by atoms with Crippen molar-refractivity contribution in [2.45, 2.75) is 38.6 Å². The highest BCUT2D eigenvalue weighted by Gasteiger charge is 2.35. The van der Waals surface area contributed by atoms with E-state index in [9.17, 15) is 14.4 Å². The molecule has 0 saturated carbocycles. The average molecular weight is 563 g/mol. The van der Waals surface area contributed by atoms with Crippen LogP contribution in [-0.2, 0) is 19.1 Å². The Labute approximate surface area is 239 Å². The third kappa shape index (κ3) is 6.82. The molecule has 3 amide bonds. The van der Waals surface area contributed by atoms with Crippen LogP contribution in [-0.4, -0.2) is 79.4 Å². The van der Waals surface area contributed by atoms with Gasteiger partial charge in [0, 0.05) is 73.8 Å². The van der Waals surface area contributed by atoms with Gasteiger partial charge in [0.05, 0.1) is 12.6 Å². The summed E-state index contributed by atoms with van der Waals surface area (Å²) in [7, 11) is 0. The van der Waals surface area contributed by atoms with Crippen molar-refractivity contribution in [2.75, 3.05) is 50.8 Å². The fourth-order valence-corrected chi connectivity index (χ4v) is 6.41. The van der Waals surface area contributed by atoms with Crippen LogP contribution in [0.25, 0.3) is 10.1 Å². The Morgan fingerprint density at radius 1 is 1.05 bits per heavy atom. The van der Waals surface area contributed by atoms with Gasteiger partial charge in [-0.25, -0.2) is 0 Å². The summed E-state index contributed by atoms with van der Waals surface area (Å²) in [6.45, 7) is 7.73. The molecule has 2 atom stereocenters. The van der Waals surface area contributed by atoms with Gasteiger partial charge in [-0.3, -0.25) is 24.2 Å². The van der Waals surface area contributed by atoms with Crippen LogP contribution in [0.1, 0.15) is 32.6 Å². The number of piperazine rings is 1. The number of carbonyl (C=O) groups is 3. The number of anilines is 1. The number of rotatable bonds is 11. The molecule has 5 rings (SSSR count). The van der Waals surface area contributed by atoms with E-state index in [2.05, 4.69) is 44.8 Å². The number of fused-ring (bicyclic) bond motifs is 2. The highest BCUT2D eigenvalue weighted by molar-refractivity contribution is 7.17. The summed E-state index contributed by atoms with van der Waals surface area (Å²) in [4.78, 5) is 42.9. The van der Waals surface area contributed by atoms with Crippen molar-refractivity contribution in [3.05, 3.63) is 65.8 Å². The van der Waals surface area contributed by atoms with Crippen LogP contribution in [0.4, 0.5) is 5.69 Å². The predicted octanol–water partition coefficient (Wildman–Crippen LogP) is 4.10. The van der Waals surface area contributed by atoms with E-state index in [4.69, 9.17) is 4.74 Å². The van der Waals surface area contributed by atoms with Gasteiger partial charge in [-0.2, -0.15) is 0 Å². The van der Waals surface area contributed by atoms with E-state index in [1.54, 1.807) is 11.3 Å². The van der Waals surface area contributed by atoms with Crippen LogP contribution in [0.5, 0.6) is 0 Å². The van der Waals surface area contributed by atoms with Gasteiger partial charge in [-0.05, 0) is 61.5 Å². The van der Waals surface area contributed by atoms with Gasteiger partial charge in [0.2, 0.25) is 11.8 Å². The minimum atomic E-state index is -0.373. The molecule has 2 aliphatic heterocycles. The van der Waals surface area contributed by atoms with Gasteiger partial charge in [-0.15, -0.1) is 11.3 Å². The number of unbranched alkanes of at least 4 members (excludes halogenated alkanes) is 1. The quantitative estimate of drug-likeness (QED) is 0.416. The number of ether oxygens (including phenoxy) is 1. The monoisotopic (exact) mass is 562 g/mol. The lowest BCUT2D eigenvalue weighted by Gasteiger charge is -2.36. The van der Waals surface area contributed by atoms with Crippen molar-refractivity contribution in [2.24, 2.45) is 5.92 Å². The summed E-state index contributed by atoms with van der Waals surface area (Å²) in [5.74, 6) is -0.0000984. The topological polar surface area (TPSA) is 82.2 Å². The molecule has 8 nitrogen and oxygen atoms in total. The first kappa shape index (κ1) is 28.1. The van der Waals surface area contributed by atoms with E-state index in [0.717, 1.165) is 45.6 Å². The minimum absolute atomic E-state index is 0.0465. The first-order chi connectivity index (χ1) is 19.5. The molecule has 9 heteroatoms. The van der Waals surface area contributed by atoms with Gasteiger partial charge in [-0.1, -0.05) is 18.2 Å². The van der Waals surface area contributed by atoms with E-state index < -0.39 is 0 Å². The second-order valence-corrected chi connectivity index (χ2v) is 11.5. The van der Waals surface area contributed by atoms with E-state index in [1.807, 2.05) is 24.3 Å². The van der Waals surface area contributed by atoms with E-state index in [0.29, 0.717) is 25.3 Å². The number of amides is 3. The van der Waals surface area contributed by atoms with Gasteiger partial charge < -0.3 is 15.0 Å². The zero-order chi connectivity index (χ0) is 27.9. The molecule has 40 heavy (non-hydrogen) atoms. The number of nitrogens with one attached hydrogen (secondary N) is 1. The lowest BCUT2D eigenvalue weighted by atomic mass is 9.89. The summed E-state index contributed by atoms with van der Waals surface area (Å²) >= 11 is 1.80. The summed E-state index contributed by atoms with van der Waals surface area (Å²) in [6.07, 6.45) is 11.8. The number of imide groups is 1. The molecule has 0 spiro atoms. The van der Waals surface area contributed by atoms with Crippen LogP contribution in [0, 0.1) is 5.92 Å². The number of nitrogens with zero attached hydrogens (tertiary/aromatic N) is 3. The molecule has 1 aromatic heterocycles. The molecule has 212 valence electrons. The fraction of sp³-hybridized carbons (Fsp3) is 0.452. The minimum Gasteiger partial charge on any atom is -0.494 e. The van der Waals surface area contributed by atoms with E-state index >= 15 is 0 Å². The molecule has 1 aliphatic carbocycles. The molecular formula is C31H38N4O4S. The lowest BCUT2D eigenvalue weighted by molar-refractivity contribution is -0.145. The Hall–Kier alpha value is -3.43. The maximum absolute atomic E-state index is 12.9. The average Bonchev–Trinajstić information content (AvgIpc) is 3.44. The normalized spacial score (nSPS) is 20.9. The van der Waals surface area contributed by atoms with Crippen molar-refractivity contribution in [1.82, 2.24) is 15.1 Å². The second kappa shape index (κ2) is 13.3. The molecule has 0 bridgehead atoms. The predicted molar refractivity (Wildman–Crippen MR) is 159 cm³/mol. The first-order valence-corrected chi connectivity index (χ1v) is 15.1. The Balaban J connectivity index is 1.04. The highest BCUT2D eigenvalue weighted by atomic mass is 32.1. The maximum Gasteiger partial charge on any atom is 0.253 e. The molecule has 1 fully saturated rings. The molecule has 3 heterocycles. The Bertz CT molecular complexity index is 1310. The van der Waals surface area contributed by atoms with Crippen molar-refractivity contribution in [3.8, 4) is 0 Å². The SMILES string of the molecule is CC(=O)NCCCC(=O)N1C(=O)C=CC2C=CC(OCCCCN3CCN(c4cccc5sccc45)CC3)=CC21. The van der Waals surface area contributed by atoms with Gasteiger partial charge >= 0.3 is 0 Å². The highest BCUT2D eigenvalue weighted by Crippen LogP contribution is 2.31. The third-order valence-corrected chi connectivity index (χ3v) is 8.62. The largest absolute Gasteiger partial charge is 0.494 e. The standard InChI is InChI=1S/C31H38N4O4S/c1-23(36)32-14-5-8-30(37)35-28-22-25(11-9-24(28)10-12-31(35)38)39-20-3-2-15-33-16-18-34(19-17-33)27-6-4-7-29-26(27)13-21-40-29/h4,6-7,9-13,21-22,24,28H,2-3,5,8,14-20H2,1H3,(H,32,36). The van der Waals surface area contributed by atoms with Crippen LogP contribution < -0.4 is 10.2 Å². The zero-order valence-corrected chi connectivity index (χ0v) is 23.9. The van der Waals surface area contributed by atoms with Gasteiger partial charge in [0.25, 0.3) is 5.91 Å².